The first-order valence-electron chi connectivity index (χ1n) is 5.86. The highest BCUT2D eigenvalue weighted by molar-refractivity contribution is 5.78. The first-order chi connectivity index (χ1) is 7.27. The molecule has 4 nitrogen and oxygen atoms in total. The van der Waals surface area contributed by atoms with E-state index in [1.54, 1.807) is 0 Å². The second-order valence-corrected chi connectivity index (χ2v) is 3.83. The lowest BCUT2D eigenvalue weighted by molar-refractivity contribution is -0.130. The van der Waals surface area contributed by atoms with Gasteiger partial charge in [-0.25, -0.2) is 0 Å². The molecular weight excluding hydrogens is 192 g/mol. The summed E-state index contributed by atoms with van der Waals surface area (Å²) in [5, 5.41) is 3.30. The number of carbonyl (C=O) groups excluding carboxylic acids is 1. The normalized spacial score (nSPS) is 17.7. The van der Waals surface area contributed by atoms with Gasteiger partial charge >= 0.3 is 0 Å². The number of likely N-dealkylation sites (N-methyl/N-ethyl adjacent to an activating group) is 1. The van der Waals surface area contributed by atoms with Crippen molar-refractivity contribution in [2.45, 2.75) is 32.7 Å². The summed E-state index contributed by atoms with van der Waals surface area (Å²) in [6, 6.07) is 0.457. The van der Waals surface area contributed by atoms with Crippen molar-refractivity contribution in [1.82, 2.24) is 10.2 Å². The highest BCUT2D eigenvalue weighted by Crippen LogP contribution is 2.05. The van der Waals surface area contributed by atoms with Crippen LogP contribution in [0.5, 0.6) is 0 Å². The van der Waals surface area contributed by atoms with E-state index in [1.807, 2.05) is 18.7 Å². The molecule has 0 unspecified atom stereocenters. The average Bonchev–Trinajstić information content (AvgIpc) is 2.29. The van der Waals surface area contributed by atoms with Crippen molar-refractivity contribution >= 4 is 5.91 Å². The Hall–Kier alpha value is -0.610. The Morgan fingerprint density at radius 3 is 2.47 bits per heavy atom. The van der Waals surface area contributed by atoms with Crippen LogP contribution in [0, 0.1) is 0 Å². The zero-order valence-corrected chi connectivity index (χ0v) is 9.79. The van der Waals surface area contributed by atoms with Crippen LogP contribution in [-0.2, 0) is 9.53 Å². The molecule has 1 aliphatic heterocycles. The van der Waals surface area contributed by atoms with E-state index in [9.17, 15) is 4.79 Å². The molecule has 1 rings (SSSR count). The molecule has 4 heteroatoms. The lowest BCUT2D eigenvalue weighted by Crippen LogP contribution is -2.43. The first kappa shape index (κ1) is 12.5. The van der Waals surface area contributed by atoms with Crippen molar-refractivity contribution in [2.75, 3.05) is 32.8 Å². The molecule has 0 radical (unpaired) electrons. The van der Waals surface area contributed by atoms with Gasteiger partial charge in [-0.05, 0) is 26.7 Å². The number of rotatable bonds is 5. The van der Waals surface area contributed by atoms with Crippen molar-refractivity contribution in [1.29, 1.82) is 0 Å². The van der Waals surface area contributed by atoms with Gasteiger partial charge in [0.25, 0.3) is 0 Å². The zero-order chi connectivity index (χ0) is 11.1. The van der Waals surface area contributed by atoms with E-state index >= 15 is 0 Å². The smallest absolute Gasteiger partial charge is 0.236 e. The van der Waals surface area contributed by atoms with Gasteiger partial charge in [0.05, 0.1) is 6.54 Å². The Labute approximate surface area is 92.0 Å². The van der Waals surface area contributed by atoms with Crippen LogP contribution in [0.3, 0.4) is 0 Å². The summed E-state index contributed by atoms with van der Waals surface area (Å²) >= 11 is 0. The standard InChI is InChI=1S/C11H22N2O2/c1-3-13(4-2)11(14)9-12-10-5-7-15-8-6-10/h10,12H,3-9H2,1-2H3. The van der Waals surface area contributed by atoms with E-state index in [1.165, 1.54) is 0 Å². The predicted molar refractivity (Wildman–Crippen MR) is 59.8 cm³/mol. The van der Waals surface area contributed by atoms with Crippen LogP contribution in [0.4, 0.5) is 0 Å². The lowest BCUT2D eigenvalue weighted by Gasteiger charge is -2.25. The number of nitrogens with one attached hydrogen (secondary N) is 1. The molecule has 1 heterocycles. The molecule has 0 bridgehead atoms. The topological polar surface area (TPSA) is 41.6 Å². The molecule has 88 valence electrons. The second-order valence-electron chi connectivity index (χ2n) is 3.83. The second kappa shape index (κ2) is 6.80. The van der Waals surface area contributed by atoms with Gasteiger partial charge in [-0.2, -0.15) is 0 Å². The molecule has 0 aromatic rings. The molecule has 1 N–H and O–H groups in total. The summed E-state index contributed by atoms with van der Waals surface area (Å²) in [5.74, 6) is 0.200. The summed E-state index contributed by atoms with van der Waals surface area (Å²) < 4.78 is 5.26. The first-order valence-corrected chi connectivity index (χ1v) is 5.86. The maximum atomic E-state index is 11.7. The van der Waals surface area contributed by atoms with Crippen LogP contribution < -0.4 is 5.32 Å². The Bertz CT molecular complexity index is 187. The molecule has 1 amide bonds. The minimum absolute atomic E-state index is 0.200. The van der Waals surface area contributed by atoms with E-state index in [-0.39, 0.29) is 5.91 Å². The van der Waals surface area contributed by atoms with Gasteiger partial charge in [-0.15, -0.1) is 0 Å². The van der Waals surface area contributed by atoms with Crippen LogP contribution in [0.15, 0.2) is 0 Å². The number of hydrogen-bond acceptors (Lipinski definition) is 3. The van der Waals surface area contributed by atoms with Gasteiger partial charge < -0.3 is 15.0 Å². The third kappa shape index (κ3) is 4.18. The van der Waals surface area contributed by atoms with Crippen LogP contribution in [0.2, 0.25) is 0 Å². The number of amides is 1. The molecule has 0 saturated carbocycles. The van der Waals surface area contributed by atoms with Gasteiger partial charge in [-0.1, -0.05) is 0 Å². The molecule has 1 aliphatic rings. The molecule has 0 aromatic carbocycles. The van der Waals surface area contributed by atoms with E-state index in [0.717, 1.165) is 39.1 Å². The number of nitrogens with zero attached hydrogens (tertiary/aromatic N) is 1. The van der Waals surface area contributed by atoms with Gasteiger partial charge in [0, 0.05) is 32.3 Å². The number of hydrogen-bond donors (Lipinski definition) is 1. The quantitative estimate of drug-likeness (QED) is 0.729. The Balaban J connectivity index is 2.20. The van der Waals surface area contributed by atoms with E-state index in [0.29, 0.717) is 12.6 Å². The molecule has 15 heavy (non-hydrogen) atoms. The summed E-state index contributed by atoms with van der Waals surface area (Å²) in [5.41, 5.74) is 0. The lowest BCUT2D eigenvalue weighted by atomic mass is 10.1. The van der Waals surface area contributed by atoms with Crippen molar-refractivity contribution in [3.63, 3.8) is 0 Å². The highest BCUT2D eigenvalue weighted by atomic mass is 16.5. The third-order valence-corrected chi connectivity index (χ3v) is 2.88. The van der Waals surface area contributed by atoms with Gasteiger partial charge in [0.2, 0.25) is 5.91 Å². The van der Waals surface area contributed by atoms with Gasteiger partial charge in [0.1, 0.15) is 0 Å². The highest BCUT2D eigenvalue weighted by Gasteiger charge is 2.15. The molecule has 0 aliphatic carbocycles. The minimum Gasteiger partial charge on any atom is -0.381 e. The maximum absolute atomic E-state index is 11.7. The fraction of sp³-hybridized carbons (Fsp3) is 0.909. The maximum Gasteiger partial charge on any atom is 0.236 e. The van der Waals surface area contributed by atoms with Crippen molar-refractivity contribution in [3.8, 4) is 0 Å². The van der Waals surface area contributed by atoms with Crippen LogP contribution in [0.25, 0.3) is 0 Å². The van der Waals surface area contributed by atoms with E-state index < -0.39 is 0 Å². The summed E-state index contributed by atoms with van der Waals surface area (Å²) in [6.45, 7) is 7.71. The Morgan fingerprint density at radius 1 is 1.33 bits per heavy atom. The number of ether oxygens (including phenoxy) is 1. The Kier molecular flexibility index (Phi) is 5.65. The predicted octanol–water partition coefficient (Wildman–Crippen LogP) is 0.623. The fourth-order valence-corrected chi connectivity index (χ4v) is 1.82. The van der Waals surface area contributed by atoms with Gasteiger partial charge in [-0.3, -0.25) is 4.79 Å². The van der Waals surface area contributed by atoms with Crippen LogP contribution in [-0.4, -0.2) is 49.7 Å². The summed E-state index contributed by atoms with van der Waals surface area (Å²) in [6.07, 6.45) is 2.04. The van der Waals surface area contributed by atoms with Crippen LogP contribution >= 0.6 is 0 Å². The average molecular weight is 214 g/mol. The summed E-state index contributed by atoms with van der Waals surface area (Å²) in [7, 11) is 0. The number of carbonyl (C=O) groups is 1. The van der Waals surface area contributed by atoms with Crippen LogP contribution in [0.1, 0.15) is 26.7 Å². The van der Waals surface area contributed by atoms with E-state index in [2.05, 4.69) is 5.32 Å². The fourth-order valence-electron chi connectivity index (χ4n) is 1.82. The SMILES string of the molecule is CCN(CC)C(=O)CNC1CCOCC1. The third-order valence-electron chi connectivity index (χ3n) is 2.88. The largest absolute Gasteiger partial charge is 0.381 e. The summed E-state index contributed by atoms with van der Waals surface area (Å²) in [4.78, 5) is 13.5. The molecular formula is C11H22N2O2. The molecule has 1 fully saturated rings. The zero-order valence-electron chi connectivity index (χ0n) is 9.79. The molecule has 0 spiro atoms. The Morgan fingerprint density at radius 2 is 1.93 bits per heavy atom. The van der Waals surface area contributed by atoms with Crippen molar-refractivity contribution < 1.29 is 9.53 Å². The van der Waals surface area contributed by atoms with Crippen molar-refractivity contribution in [3.05, 3.63) is 0 Å². The molecule has 0 aromatic heterocycles. The molecule has 1 saturated heterocycles. The van der Waals surface area contributed by atoms with E-state index in [4.69, 9.17) is 4.74 Å². The minimum atomic E-state index is 0.200. The monoisotopic (exact) mass is 214 g/mol. The van der Waals surface area contributed by atoms with Gasteiger partial charge in [0.15, 0.2) is 0 Å². The van der Waals surface area contributed by atoms with Crippen molar-refractivity contribution in [2.24, 2.45) is 0 Å². The molecule has 0 atom stereocenters.